The van der Waals surface area contributed by atoms with Gasteiger partial charge in [0.05, 0.1) is 13.2 Å². The zero-order chi connectivity index (χ0) is 42.5. The molecule has 2 atom stereocenters. The van der Waals surface area contributed by atoms with Crippen LogP contribution >= 0.6 is 7.82 Å². The Labute approximate surface area is 358 Å². The number of carbonyl (C=O) groups excluding carboxylic acids is 2. The Bertz CT molecular complexity index is 922. The van der Waals surface area contributed by atoms with Crippen LogP contribution in [0.3, 0.4) is 0 Å². The van der Waals surface area contributed by atoms with Crippen LogP contribution in [0.2, 0.25) is 0 Å². The lowest BCUT2D eigenvalue weighted by molar-refractivity contribution is -0.161. The van der Waals surface area contributed by atoms with Crippen LogP contribution in [0.1, 0.15) is 264 Å². The van der Waals surface area contributed by atoms with Gasteiger partial charge in [0.1, 0.15) is 6.61 Å². The first-order valence-electron chi connectivity index (χ1n) is 25.0. The average Bonchev–Trinajstić information content (AvgIpc) is 3.21. The molecule has 0 fully saturated rings. The lowest BCUT2D eigenvalue weighted by atomic mass is 10.0. The van der Waals surface area contributed by atoms with Crippen LogP contribution in [0.4, 0.5) is 0 Å². The van der Waals surface area contributed by atoms with E-state index in [1.54, 1.807) is 0 Å². The minimum absolute atomic E-state index is 0.0583. The minimum atomic E-state index is -4.37. The lowest BCUT2D eigenvalue weighted by Crippen LogP contribution is -2.29. The van der Waals surface area contributed by atoms with Crippen LogP contribution < -0.4 is 5.73 Å². The van der Waals surface area contributed by atoms with Crippen molar-refractivity contribution >= 4 is 19.8 Å². The summed E-state index contributed by atoms with van der Waals surface area (Å²) in [5, 5.41) is 0. The van der Waals surface area contributed by atoms with Gasteiger partial charge in [0.2, 0.25) is 0 Å². The highest BCUT2D eigenvalue weighted by Gasteiger charge is 2.26. The fourth-order valence-electron chi connectivity index (χ4n) is 7.52. The maximum absolute atomic E-state index is 12.6. The van der Waals surface area contributed by atoms with E-state index >= 15 is 0 Å². The van der Waals surface area contributed by atoms with Crippen molar-refractivity contribution in [3.63, 3.8) is 0 Å². The molecule has 3 N–H and O–H groups in total. The number of hydrogen-bond donors (Lipinski definition) is 2. The van der Waals surface area contributed by atoms with E-state index < -0.39 is 26.5 Å². The normalized spacial score (nSPS) is 13.1. The predicted octanol–water partition coefficient (Wildman–Crippen LogP) is 14.8. The zero-order valence-electron chi connectivity index (χ0n) is 38.3. The van der Waals surface area contributed by atoms with Crippen molar-refractivity contribution in [2.24, 2.45) is 5.73 Å². The standard InChI is InChI=1S/C48H96NO8P/c1-3-5-7-9-11-13-15-17-19-21-22-23-25-27-29-31-33-35-37-39-41-48(51)57-46(45-56-58(52,53)55-43-42-49)44-54-47(50)40-38-36-34-32-30-28-26-24-20-18-16-14-12-10-8-6-4-2/h46H,3-45,49H2,1-2H3,(H,52,53)/t46-/m1/s1. The van der Waals surface area contributed by atoms with Crippen molar-refractivity contribution in [1.29, 1.82) is 0 Å². The minimum Gasteiger partial charge on any atom is -0.462 e. The maximum atomic E-state index is 12.6. The molecule has 0 aliphatic rings. The zero-order valence-corrected chi connectivity index (χ0v) is 39.2. The molecular weight excluding hydrogens is 750 g/mol. The Morgan fingerprint density at radius 2 is 0.741 bits per heavy atom. The molecule has 58 heavy (non-hydrogen) atoms. The van der Waals surface area contributed by atoms with E-state index in [1.165, 1.54) is 199 Å². The van der Waals surface area contributed by atoms with Crippen LogP contribution in [-0.2, 0) is 32.7 Å². The molecule has 0 aliphatic carbocycles. The third-order valence-corrected chi connectivity index (χ3v) is 12.2. The van der Waals surface area contributed by atoms with E-state index in [2.05, 4.69) is 13.8 Å². The summed E-state index contributed by atoms with van der Waals surface area (Å²) < 4.78 is 32.9. The number of esters is 2. The summed E-state index contributed by atoms with van der Waals surface area (Å²) in [6.45, 7) is 3.80. The SMILES string of the molecule is CCCCCCCCCCCCCCCCCCCCCCC(=O)O[C@H](COC(=O)CCCCCCCCCCCCCCCCCCC)COP(=O)(O)OCCN. The molecule has 0 aromatic rings. The molecule has 0 aromatic heterocycles. The molecule has 0 aliphatic heterocycles. The second kappa shape index (κ2) is 45.5. The monoisotopic (exact) mass is 846 g/mol. The first-order chi connectivity index (χ1) is 28.3. The van der Waals surface area contributed by atoms with Crippen molar-refractivity contribution in [2.75, 3.05) is 26.4 Å². The summed E-state index contributed by atoms with van der Waals surface area (Å²) in [6, 6.07) is 0. The van der Waals surface area contributed by atoms with Crippen LogP contribution in [0.5, 0.6) is 0 Å². The average molecular weight is 846 g/mol. The van der Waals surface area contributed by atoms with Crippen molar-refractivity contribution in [1.82, 2.24) is 0 Å². The van der Waals surface area contributed by atoms with Crippen LogP contribution in [0.15, 0.2) is 0 Å². The number of ether oxygens (including phenoxy) is 2. The number of carbonyl (C=O) groups is 2. The van der Waals surface area contributed by atoms with E-state index in [1.807, 2.05) is 0 Å². The van der Waals surface area contributed by atoms with E-state index in [0.717, 1.165) is 32.1 Å². The highest BCUT2D eigenvalue weighted by atomic mass is 31.2. The van der Waals surface area contributed by atoms with Gasteiger partial charge in [-0.25, -0.2) is 4.57 Å². The number of hydrogen-bond acceptors (Lipinski definition) is 8. The van der Waals surface area contributed by atoms with Crippen molar-refractivity contribution in [3.8, 4) is 0 Å². The van der Waals surface area contributed by atoms with Gasteiger partial charge in [-0.2, -0.15) is 0 Å². The second-order valence-electron chi connectivity index (χ2n) is 17.1. The highest BCUT2D eigenvalue weighted by molar-refractivity contribution is 7.47. The fraction of sp³-hybridized carbons (Fsp3) is 0.958. The van der Waals surface area contributed by atoms with Crippen molar-refractivity contribution < 1.29 is 37.6 Å². The molecular formula is C48H96NO8P. The van der Waals surface area contributed by atoms with Crippen molar-refractivity contribution in [2.45, 2.75) is 270 Å². The molecule has 10 heteroatoms. The van der Waals surface area contributed by atoms with Crippen LogP contribution in [0, 0.1) is 0 Å². The molecule has 0 bridgehead atoms. The largest absolute Gasteiger partial charge is 0.472 e. The van der Waals surface area contributed by atoms with E-state index in [-0.39, 0.29) is 38.6 Å². The third kappa shape index (κ3) is 44.6. The van der Waals surface area contributed by atoms with Gasteiger partial charge in [0.15, 0.2) is 6.10 Å². The molecule has 0 heterocycles. The molecule has 346 valence electrons. The number of rotatable bonds is 48. The maximum Gasteiger partial charge on any atom is 0.472 e. The summed E-state index contributed by atoms with van der Waals surface area (Å²) in [4.78, 5) is 35.0. The van der Waals surface area contributed by atoms with Crippen molar-refractivity contribution in [3.05, 3.63) is 0 Å². The number of unbranched alkanes of at least 4 members (excludes halogenated alkanes) is 35. The number of phosphoric acid groups is 1. The van der Waals surface area contributed by atoms with Gasteiger partial charge in [0, 0.05) is 19.4 Å². The molecule has 0 radical (unpaired) electrons. The number of nitrogens with two attached hydrogens (primary N) is 1. The van der Waals surface area contributed by atoms with E-state index in [9.17, 15) is 19.0 Å². The number of phosphoric ester groups is 1. The van der Waals surface area contributed by atoms with Crippen LogP contribution in [-0.4, -0.2) is 49.3 Å². The summed E-state index contributed by atoms with van der Waals surface area (Å²) in [6.07, 6.45) is 47.1. The summed E-state index contributed by atoms with van der Waals surface area (Å²) >= 11 is 0. The highest BCUT2D eigenvalue weighted by Crippen LogP contribution is 2.43. The summed E-state index contributed by atoms with van der Waals surface area (Å²) in [5.41, 5.74) is 5.36. The quantitative estimate of drug-likeness (QED) is 0.0349. The van der Waals surface area contributed by atoms with Gasteiger partial charge in [0.25, 0.3) is 0 Å². The summed E-state index contributed by atoms with van der Waals surface area (Å²) in [7, 11) is -4.37. The lowest BCUT2D eigenvalue weighted by Gasteiger charge is -2.19. The Balaban J connectivity index is 4.00. The van der Waals surface area contributed by atoms with Gasteiger partial charge in [-0.15, -0.1) is 0 Å². The topological polar surface area (TPSA) is 134 Å². The Kier molecular flexibility index (Phi) is 44.8. The molecule has 0 amide bonds. The van der Waals surface area contributed by atoms with Gasteiger partial charge in [-0.1, -0.05) is 239 Å². The molecule has 0 rings (SSSR count). The first kappa shape index (κ1) is 57.0. The molecule has 0 spiro atoms. The summed E-state index contributed by atoms with van der Waals surface area (Å²) in [5.74, 6) is -0.807. The Morgan fingerprint density at radius 3 is 1.05 bits per heavy atom. The van der Waals surface area contributed by atoms with E-state index in [4.69, 9.17) is 24.3 Å². The van der Waals surface area contributed by atoms with E-state index in [0.29, 0.717) is 6.42 Å². The first-order valence-corrected chi connectivity index (χ1v) is 26.5. The molecule has 0 saturated carbocycles. The van der Waals surface area contributed by atoms with Gasteiger partial charge < -0.3 is 20.1 Å². The van der Waals surface area contributed by atoms with Gasteiger partial charge >= 0.3 is 19.8 Å². The Morgan fingerprint density at radius 1 is 0.448 bits per heavy atom. The molecule has 1 unspecified atom stereocenters. The van der Waals surface area contributed by atoms with Gasteiger partial charge in [-0.05, 0) is 12.8 Å². The van der Waals surface area contributed by atoms with Crippen LogP contribution in [0.25, 0.3) is 0 Å². The smallest absolute Gasteiger partial charge is 0.462 e. The fourth-order valence-corrected chi connectivity index (χ4v) is 8.29. The van der Waals surface area contributed by atoms with Gasteiger partial charge in [-0.3, -0.25) is 18.6 Å². The predicted molar refractivity (Wildman–Crippen MR) is 243 cm³/mol. The molecule has 0 aromatic carbocycles. The Hall–Kier alpha value is -0.990. The molecule has 9 nitrogen and oxygen atoms in total. The molecule has 0 saturated heterocycles. The third-order valence-electron chi connectivity index (χ3n) is 11.2. The second-order valence-corrected chi connectivity index (χ2v) is 18.5.